The van der Waals surface area contributed by atoms with Crippen LogP contribution in [-0.4, -0.2) is 38.5 Å². The second-order valence-corrected chi connectivity index (χ2v) is 9.72. The number of nitrogens with one attached hydrogen (secondary N) is 2. The molecule has 43 heavy (non-hydrogen) atoms. The lowest BCUT2D eigenvalue weighted by atomic mass is 9.99. The van der Waals surface area contributed by atoms with Crippen LogP contribution in [0, 0.1) is 5.41 Å². The number of carbonyl (C=O) groups is 2. The van der Waals surface area contributed by atoms with E-state index in [9.17, 15) is 9.59 Å². The smallest absolute Gasteiger partial charge is 0.250 e. The number of primary amides is 1. The van der Waals surface area contributed by atoms with Gasteiger partial charge in [-0.1, -0.05) is 60.7 Å². The first kappa shape index (κ1) is 30.6. The Morgan fingerprint density at radius 2 is 1.49 bits per heavy atom. The van der Waals surface area contributed by atoms with Gasteiger partial charge in [0.25, 0.3) is 0 Å². The van der Waals surface area contributed by atoms with Crippen LogP contribution in [0.15, 0.2) is 97.1 Å². The van der Waals surface area contributed by atoms with Crippen LogP contribution in [0.1, 0.15) is 28.3 Å². The molecule has 0 saturated heterocycles. The van der Waals surface area contributed by atoms with E-state index in [1.165, 1.54) is 14.2 Å². The Morgan fingerprint density at radius 3 is 2.05 bits per heavy atom. The number of methoxy groups -OCH3 is 2. The van der Waals surface area contributed by atoms with E-state index in [0.717, 1.165) is 11.1 Å². The first-order valence-electron chi connectivity index (χ1n) is 13.5. The van der Waals surface area contributed by atoms with Crippen LogP contribution in [0.5, 0.6) is 11.5 Å². The average molecular weight is 582 g/mol. The van der Waals surface area contributed by atoms with Gasteiger partial charge < -0.3 is 35.9 Å². The van der Waals surface area contributed by atoms with Crippen molar-refractivity contribution < 1.29 is 23.8 Å². The predicted octanol–water partition coefficient (Wildman–Crippen LogP) is 4.38. The van der Waals surface area contributed by atoms with Gasteiger partial charge in [-0.2, -0.15) is 0 Å². The molecule has 0 saturated carbocycles. The molecule has 0 aliphatic heterocycles. The molecule has 0 aromatic heterocycles. The molecule has 4 aromatic rings. The SMILES string of the molecule is COCC(=O)Nc1cc(OCc2ccccc2)c(OC)cc1C(C(N)=O)N(Cc1ccccc1)c1ccc(C(=N)N)cc1. The normalized spacial score (nSPS) is 11.3. The van der Waals surface area contributed by atoms with Gasteiger partial charge in [-0.3, -0.25) is 15.0 Å². The molecule has 10 nitrogen and oxygen atoms in total. The van der Waals surface area contributed by atoms with Crippen molar-refractivity contribution in [3.05, 3.63) is 119 Å². The summed E-state index contributed by atoms with van der Waals surface area (Å²) < 4.78 is 16.8. The number of anilines is 2. The largest absolute Gasteiger partial charge is 0.493 e. The van der Waals surface area contributed by atoms with Gasteiger partial charge in [-0.25, -0.2) is 0 Å². The maximum Gasteiger partial charge on any atom is 0.250 e. The third kappa shape index (κ3) is 7.90. The number of rotatable bonds is 14. The third-order valence-electron chi connectivity index (χ3n) is 6.70. The molecule has 0 aliphatic carbocycles. The number of amidine groups is 1. The first-order valence-corrected chi connectivity index (χ1v) is 13.5. The lowest BCUT2D eigenvalue weighted by Gasteiger charge is -2.34. The van der Waals surface area contributed by atoms with Crippen LogP contribution in [0.2, 0.25) is 0 Å². The van der Waals surface area contributed by atoms with Crippen LogP contribution in [-0.2, 0) is 27.5 Å². The summed E-state index contributed by atoms with van der Waals surface area (Å²) in [6.45, 7) is 0.352. The Hall–Kier alpha value is -5.35. The molecule has 0 spiro atoms. The topological polar surface area (TPSA) is 153 Å². The minimum atomic E-state index is -1.06. The van der Waals surface area contributed by atoms with E-state index in [-0.39, 0.29) is 19.0 Å². The number of hydrogen-bond acceptors (Lipinski definition) is 7. The van der Waals surface area contributed by atoms with Crippen LogP contribution in [0.4, 0.5) is 11.4 Å². The van der Waals surface area contributed by atoms with Crippen molar-refractivity contribution in [2.75, 3.05) is 31.0 Å². The first-order chi connectivity index (χ1) is 20.8. The van der Waals surface area contributed by atoms with E-state index in [1.807, 2.05) is 65.6 Å². The average Bonchev–Trinajstić information content (AvgIpc) is 3.01. The van der Waals surface area contributed by atoms with Gasteiger partial charge in [0.15, 0.2) is 11.5 Å². The molecule has 0 fully saturated rings. The van der Waals surface area contributed by atoms with Crippen molar-refractivity contribution in [3.63, 3.8) is 0 Å². The van der Waals surface area contributed by atoms with E-state index >= 15 is 0 Å². The fourth-order valence-electron chi connectivity index (χ4n) is 4.65. The van der Waals surface area contributed by atoms with Gasteiger partial charge in [0.05, 0.1) is 12.8 Å². The summed E-state index contributed by atoms with van der Waals surface area (Å²) in [7, 11) is 2.92. The number of ether oxygens (including phenoxy) is 3. The second kappa shape index (κ2) is 14.5. The van der Waals surface area contributed by atoms with E-state index in [0.29, 0.717) is 40.5 Å². The van der Waals surface area contributed by atoms with Crippen LogP contribution in [0.3, 0.4) is 0 Å². The summed E-state index contributed by atoms with van der Waals surface area (Å²) in [4.78, 5) is 27.9. The van der Waals surface area contributed by atoms with Crippen molar-refractivity contribution in [2.45, 2.75) is 19.2 Å². The van der Waals surface area contributed by atoms with E-state index in [1.54, 1.807) is 36.4 Å². The van der Waals surface area contributed by atoms with E-state index < -0.39 is 17.9 Å². The van der Waals surface area contributed by atoms with Crippen LogP contribution in [0.25, 0.3) is 0 Å². The summed E-state index contributed by atoms with van der Waals surface area (Å²) in [6.07, 6.45) is 0. The van der Waals surface area contributed by atoms with E-state index in [2.05, 4.69) is 5.32 Å². The molecule has 0 aliphatic rings. The van der Waals surface area contributed by atoms with Crippen LogP contribution >= 0.6 is 0 Å². The highest BCUT2D eigenvalue weighted by molar-refractivity contribution is 5.96. The highest BCUT2D eigenvalue weighted by Crippen LogP contribution is 2.40. The summed E-state index contributed by atoms with van der Waals surface area (Å²) in [5.41, 5.74) is 15.6. The Labute approximate surface area is 250 Å². The summed E-state index contributed by atoms with van der Waals surface area (Å²) in [5.74, 6) is -0.438. The Balaban J connectivity index is 1.84. The van der Waals surface area contributed by atoms with Gasteiger partial charge in [0, 0.05) is 36.5 Å². The van der Waals surface area contributed by atoms with Crippen molar-refractivity contribution in [1.82, 2.24) is 0 Å². The number of carbonyl (C=O) groups excluding carboxylic acids is 2. The van der Waals surface area contributed by atoms with Gasteiger partial charge in [-0.05, 0) is 41.5 Å². The Kier molecular flexibility index (Phi) is 10.3. The predicted molar refractivity (Wildman–Crippen MR) is 166 cm³/mol. The Morgan fingerprint density at radius 1 is 0.860 bits per heavy atom. The summed E-state index contributed by atoms with van der Waals surface area (Å²) >= 11 is 0. The molecule has 1 atom stereocenters. The number of benzene rings is 4. The standard InChI is InChI=1S/C33H35N5O5/c1-41-21-30(39)37-27-18-29(43-20-23-11-7-4-8-12-23)28(42-2)17-26(27)31(33(36)40)38(19-22-9-5-3-6-10-22)25-15-13-24(14-16-25)32(34)35/h3-18,31H,19-21H2,1-2H3,(H3,34,35)(H2,36,40)(H,37,39). The summed E-state index contributed by atoms with van der Waals surface area (Å²) in [5, 5.41) is 10.6. The molecule has 0 heterocycles. The monoisotopic (exact) mass is 581 g/mol. The number of hydrogen-bond donors (Lipinski definition) is 4. The lowest BCUT2D eigenvalue weighted by molar-refractivity contribution is -0.120. The molecule has 0 radical (unpaired) electrons. The summed E-state index contributed by atoms with van der Waals surface area (Å²) in [6, 6.07) is 28.4. The van der Waals surface area contributed by atoms with Gasteiger partial charge in [0.2, 0.25) is 11.8 Å². The third-order valence-corrected chi connectivity index (χ3v) is 6.70. The maximum absolute atomic E-state index is 13.4. The molecule has 0 bridgehead atoms. The van der Waals surface area contributed by atoms with Crippen molar-refractivity contribution in [2.24, 2.45) is 11.5 Å². The highest BCUT2D eigenvalue weighted by atomic mass is 16.5. The van der Waals surface area contributed by atoms with Crippen molar-refractivity contribution in [1.29, 1.82) is 5.41 Å². The molecule has 1 unspecified atom stereocenters. The van der Waals surface area contributed by atoms with Gasteiger partial charge in [0.1, 0.15) is 25.1 Å². The molecule has 10 heteroatoms. The minimum Gasteiger partial charge on any atom is -0.493 e. The molecule has 222 valence electrons. The zero-order valence-corrected chi connectivity index (χ0v) is 24.1. The second-order valence-electron chi connectivity index (χ2n) is 9.72. The van der Waals surface area contributed by atoms with Gasteiger partial charge >= 0.3 is 0 Å². The zero-order chi connectivity index (χ0) is 30.8. The number of nitrogens with two attached hydrogens (primary N) is 2. The minimum absolute atomic E-state index is 0.0772. The fraction of sp³-hybridized carbons (Fsp3) is 0.182. The molecule has 6 N–H and O–H groups in total. The van der Waals surface area contributed by atoms with E-state index in [4.69, 9.17) is 31.1 Å². The Bertz CT molecular complexity index is 1550. The van der Waals surface area contributed by atoms with Gasteiger partial charge in [-0.15, -0.1) is 0 Å². The highest BCUT2D eigenvalue weighted by Gasteiger charge is 2.31. The van der Waals surface area contributed by atoms with Crippen LogP contribution < -0.4 is 31.2 Å². The molecule has 4 rings (SSSR count). The quantitative estimate of drug-likeness (QED) is 0.127. The van der Waals surface area contributed by atoms with Crippen molar-refractivity contribution >= 4 is 29.0 Å². The fourth-order valence-corrected chi connectivity index (χ4v) is 4.65. The maximum atomic E-state index is 13.4. The van der Waals surface area contributed by atoms with Crippen molar-refractivity contribution in [3.8, 4) is 11.5 Å². The lowest BCUT2D eigenvalue weighted by Crippen LogP contribution is -2.38. The molecule has 2 amide bonds. The molecule has 4 aromatic carbocycles. The number of nitrogen functional groups attached to an aromatic ring is 1. The zero-order valence-electron chi connectivity index (χ0n) is 24.1. The molecular formula is C33H35N5O5. The number of nitrogens with zero attached hydrogens (tertiary/aromatic N) is 1. The number of amides is 2. The molecular weight excluding hydrogens is 546 g/mol.